The zero-order chi connectivity index (χ0) is 28.0. The summed E-state index contributed by atoms with van der Waals surface area (Å²) in [4.78, 5) is 16.0. The van der Waals surface area contributed by atoms with Crippen LogP contribution in [0.25, 0.3) is 10.9 Å². The number of hydrogen-bond donors (Lipinski definition) is 1. The standard InChI is InChI=1S/C32H34ClNO4S.Na/c1-21(31(35)36)20-39-30(16-13-22-7-4-5-10-28(22)32(2,3)37)24-8-6-9-27(17-24)38-19-26-15-12-23-11-14-25(33)18-29(23)34-26;/h4-12,14-15,17-18,21,30,37H,13,16,19-20H2,1-3H3,(H,35,36);/q;+1/p-1. The third-order valence-corrected chi connectivity index (χ3v) is 8.47. The number of aliphatic hydroxyl groups is 1. The first-order chi connectivity index (χ1) is 18.6. The van der Waals surface area contributed by atoms with E-state index in [1.807, 2.05) is 78.9 Å². The molecule has 4 rings (SSSR count). The Bertz CT molecular complexity index is 1440. The molecule has 0 spiro atoms. The van der Waals surface area contributed by atoms with Crippen molar-refractivity contribution in [3.8, 4) is 5.75 Å². The van der Waals surface area contributed by atoms with Crippen LogP contribution in [0.15, 0.2) is 78.9 Å². The van der Waals surface area contributed by atoms with Gasteiger partial charge in [-0.25, -0.2) is 4.98 Å². The van der Waals surface area contributed by atoms with Gasteiger partial charge in [-0.05, 0) is 73.7 Å². The molecule has 0 aliphatic carbocycles. The second-order valence-electron chi connectivity index (χ2n) is 10.3. The molecule has 4 aromatic rings. The molecule has 1 N–H and O–H groups in total. The maximum Gasteiger partial charge on any atom is 1.00 e. The molecule has 8 heteroatoms. The number of nitrogens with zero attached hydrogens (tertiary/aromatic N) is 1. The van der Waals surface area contributed by atoms with E-state index in [0.29, 0.717) is 17.4 Å². The molecular formula is C32H33ClNNaO4S. The van der Waals surface area contributed by atoms with Gasteiger partial charge in [0.25, 0.3) is 0 Å². The number of aliphatic carboxylic acids is 1. The van der Waals surface area contributed by atoms with Gasteiger partial charge in [0, 0.05) is 33.3 Å². The molecular weight excluding hydrogens is 553 g/mol. The van der Waals surface area contributed by atoms with E-state index in [2.05, 4.69) is 4.98 Å². The summed E-state index contributed by atoms with van der Waals surface area (Å²) in [5.41, 5.74) is 3.71. The number of hydrogen-bond acceptors (Lipinski definition) is 6. The van der Waals surface area contributed by atoms with E-state index >= 15 is 0 Å². The van der Waals surface area contributed by atoms with E-state index in [1.165, 1.54) is 0 Å². The fourth-order valence-corrected chi connectivity index (χ4v) is 5.92. The van der Waals surface area contributed by atoms with Gasteiger partial charge in [-0.15, -0.1) is 0 Å². The number of rotatable bonds is 12. The zero-order valence-corrected chi connectivity index (χ0v) is 27.0. The Labute approximate surface area is 267 Å². The van der Waals surface area contributed by atoms with E-state index in [-0.39, 0.29) is 34.8 Å². The Balaban J connectivity index is 0.00000441. The first-order valence-electron chi connectivity index (χ1n) is 13.0. The monoisotopic (exact) mass is 585 g/mol. The summed E-state index contributed by atoms with van der Waals surface area (Å²) < 4.78 is 6.11. The number of carboxylic acid groups (broad SMARTS) is 1. The minimum absolute atomic E-state index is 0. The number of thioether (sulfide) groups is 1. The van der Waals surface area contributed by atoms with Crippen LogP contribution in [0.4, 0.5) is 0 Å². The molecule has 0 amide bonds. The fraction of sp³-hybridized carbons (Fsp3) is 0.312. The van der Waals surface area contributed by atoms with Gasteiger partial charge in [-0.1, -0.05) is 67.1 Å². The summed E-state index contributed by atoms with van der Waals surface area (Å²) in [5, 5.41) is 23.7. The van der Waals surface area contributed by atoms with Crippen molar-refractivity contribution in [2.45, 2.75) is 51.1 Å². The molecule has 0 fully saturated rings. The number of aromatic nitrogens is 1. The number of carbonyl (C=O) groups excluding carboxylic acids is 1. The Hall–Kier alpha value is -2.06. The summed E-state index contributed by atoms with van der Waals surface area (Å²) in [7, 11) is 0. The SMILES string of the molecule is CC(CSC(CCc1ccccc1C(C)(C)O)c1cccc(OCc2ccc3ccc(Cl)cc3n2)c1)C(=O)[O-].[Na+]. The van der Waals surface area contributed by atoms with E-state index in [0.717, 1.165) is 51.9 Å². The smallest absolute Gasteiger partial charge is 0.550 e. The molecule has 0 bridgehead atoms. The van der Waals surface area contributed by atoms with E-state index in [9.17, 15) is 15.0 Å². The largest absolute Gasteiger partial charge is 1.00 e. The van der Waals surface area contributed by atoms with Crippen molar-refractivity contribution in [1.29, 1.82) is 0 Å². The zero-order valence-electron chi connectivity index (χ0n) is 23.4. The molecule has 2 atom stereocenters. The van der Waals surface area contributed by atoms with Crippen LogP contribution in [0.3, 0.4) is 0 Å². The summed E-state index contributed by atoms with van der Waals surface area (Å²) in [6.07, 6.45) is 1.51. The predicted molar refractivity (Wildman–Crippen MR) is 157 cm³/mol. The molecule has 204 valence electrons. The van der Waals surface area contributed by atoms with Gasteiger partial charge in [0.1, 0.15) is 12.4 Å². The first kappa shape index (κ1) is 32.5. The number of fused-ring (bicyclic) bond motifs is 1. The predicted octanol–water partition coefficient (Wildman–Crippen LogP) is 3.49. The van der Waals surface area contributed by atoms with Gasteiger partial charge in [0.15, 0.2) is 0 Å². The first-order valence-corrected chi connectivity index (χ1v) is 14.4. The minimum Gasteiger partial charge on any atom is -0.550 e. The molecule has 0 aliphatic rings. The van der Waals surface area contributed by atoms with Crippen molar-refractivity contribution >= 4 is 40.2 Å². The Morgan fingerprint density at radius 3 is 2.58 bits per heavy atom. The molecule has 0 saturated heterocycles. The summed E-state index contributed by atoms with van der Waals surface area (Å²) in [6, 6.07) is 25.4. The molecule has 1 heterocycles. The molecule has 5 nitrogen and oxygen atoms in total. The third kappa shape index (κ3) is 8.97. The van der Waals surface area contributed by atoms with E-state index in [4.69, 9.17) is 16.3 Å². The molecule has 0 aliphatic heterocycles. The van der Waals surface area contributed by atoms with Crippen LogP contribution < -0.4 is 39.4 Å². The van der Waals surface area contributed by atoms with Crippen molar-refractivity contribution in [2.75, 3.05) is 5.75 Å². The number of aryl methyl sites for hydroxylation is 1. The van der Waals surface area contributed by atoms with Gasteiger partial charge in [0.2, 0.25) is 0 Å². The summed E-state index contributed by atoms with van der Waals surface area (Å²) >= 11 is 7.73. The summed E-state index contributed by atoms with van der Waals surface area (Å²) in [6.45, 7) is 5.56. The minimum atomic E-state index is -1.05. The van der Waals surface area contributed by atoms with Gasteiger partial charge >= 0.3 is 29.6 Å². The Morgan fingerprint density at radius 2 is 1.82 bits per heavy atom. The Morgan fingerprint density at radius 1 is 1.07 bits per heavy atom. The van der Waals surface area contributed by atoms with Crippen molar-refractivity contribution in [3.05, 3.63) is 106 Å². The topological polar surface area (TPSA) is 82.5 Å². The van der Waals surface area contributed by atoms with Crippen LogP contribution in [-0.2, 0) is 23.4 Å². The van der Waals surface area contributed by atoms with Crippen molar-refractivity contribution in [3.63, 3.8) is 0 Å². The molecule has 2 unspecified atom stereocenters. The normalized spacial score (nSPS) is 12.9. The van der Waals surface area contributed by atoms with Crippen LogP contribution in [0, 0.1) is 5.92 Å². The number of benzene rings is 3. The maximum absolute atomic E-state index is 11.4. The third-order valence-electron chi connectivity index (χ3n) is 6.63. The van der Waals surface area contributed by atoms with Gasteiger partial charge in [-0.3, -0.25) is 0 Å². The number of ether oxygens (including phenoxy) is 1. The fourth-order valence-electron chi connectivity index (χ4n) is 4.47. The van der Waals surface area contributed by atoms with Crippen LogP contribution in [0.2, 0.25) is 5.02 Å². The molecule has 1 aromatic heterocycles. The van der Waals surface area contributed by atoms with Crippen LogP contribution >= 0.6 is 23.4 Å². The number of carboxylic acids is 1. The number of pyridine rings is 1. The molecule has 0 radical (unpaired) electrons. The van der Waals surface area contributed by atoms with Crippen LogP contribution in [0.5, 0.6) is 5.75 Å². The molecule has 0 saturated carbocycles. The van der Waals surface area contributed by atoms with Gasteiger partial charge < -0.3 is 19.7 Å². The van der Waals surface area contributed by atoms with Crippen LogP contribution in [0.1, 0.15) is 54.8 Å². The van der Waals surface area contributed by atoms with Crippen LogP contribution in [-0.4, -0.2) is 21.8 Å². The van der Waals surface area contributed by atoms with Crippen molar-refractivity contribution < 1.29 is 49.3 Å². The molecule has 40 heavy (non-hydrogen) atoms. The number of carbonyl (C=O) groups is 1. The van der Waals surface area contributed by atoms with Gasteiger partial charge in [0.05, 0.1) is 16.8 Å². The van der Waals surface area contributed by atoms with E-state index < -0.39 is 17.5 Å². The quantitative estimate of drug-likeness (QED) is 0.256. The second kappa shape index (κ2) is 14.7. The molecule has 3 aromatic carbocycles. The number of halogens is 1. The Kier molecular flexibility index (Phi) is 11.9. The second-order valence-corrected chi connectivity index (χ2v) is 12.0. The van der Waals surface area contributed by atoms with Gasteiger partial charge in [-0.2, -0.15) is 11.8 Å². The van der Waals surface area contributed by atoms with Crippen molar-refractivity contribution in [1.82, 2.24) is 4.98 Å². The summed E-state index contributed by atoms with van der Waals surface area (Å²) in [5.74, 6) is -0.451. The van der Waals surface area contributed by atoms with Crippen molar-refractivity contribution in [2.24, 2.45) is 5.92 Å². The average Bonchev–Trinajstić information content (AvgIpc) is 2.91. The van der Waals surface area contributed by atoms with E-state index in [1.54, 1.807) is 32.5 Å². The average molecular weight is 586 g/mol. The maximum atomic E-state index is 11.4.